The van der Waals surface area contributed by atoms with Crippen LogP contribution in [0.1, 0.15) is 72.1 Å². The fourth-order valence-electron chi connectivity index (χ4n) is 5.39. The summed E-state index contributed by atoms with van der Waals surface area (Å²) in [5, 5.41) is 5.66. The van der Waals surface area contributed by atoms with Crippen LogP contribution in [0.3, 0.4) is 0 Å². The van der Waals surface area contributed by atoms with Crippen LogP contribution < -0.4 is 10.6 Å². The number of alkyl halides is 3. The fraction of sp³-hybridized carbons (Fsp3) is 0.500. The van der Waals surface area contributed by atoms with Crippen molar-refractivity contribution in [1.29, 1.82) is 0 Å². The maximum absolute atomic E-state index is 12.9. The lowest BCUT2D eigenvalue weighted by atomic mass is 9.80. The minimum absolute atomic E-state index is 0.0235. The van der Waals surface area contributed by atoms with Gasteiger partial charge in [-0.1, -0.05) is 43.6 Å². The van der Waals surface area contributed by atoms with Gasteiger partial charge in [0.2, 0.25) is 0 Å². The molecule has 1 aliphatic rings. The van der Waals surface area contributed by atoms with Gasteiger partial charge in [0.05, 0.1) is 16.2 Å². The number of halogens is 3. The monoisotopic (exact) mass is 655 g/mol. The first-order valence-corrected chi connectivity index (χ1v) is 16.6. The maximum Gasteiger partial charge on any atom is 0.491 e. The highest BCUT2D eigenvalue weighted by Gasteiger charge is 2.44. The van der Waals surface area contributed by atoms with Crippen molar-refractivity contribution in [2.45, 2.75) is 77.4 Å². The summed E-state index contributed by atoms with van der Waals surface area (Å²) in [5.74, 6) is -4.40. The molecule has 0 unspecified atom stereocenters. The third kappa shape index (κ3) is 9.81. The molecule has 0 saturated heterocycles. The SMILES string of the molecule is Cc1ccnc(C)c1C(=O)Nc1ccc(C[C@H](NC(=S)C2(CCCCS(C)(=O)=O)CCCC2)C(=O)OC(=O)C(F)(F)F)cc1. The molecule has 0 aliphatic heterocycles. The maximum atomic E-state index is 12.9. The summed E-state index contributed by atoms with van der Waals surface area (Å²) < 4.78 is 65.9. The largest absolute Gasteiger partial charge is 0.491 e. The minimum atomic E-state index is -5.36. The number of rotatable bonds is 12. The van der Waals surface area contributed by atoms with Crippen molar-refractivity contribution in [3.63, 3.8) is 0 Å². The molecule has 0 bridgehead atoms. The van der Waals surface area contributed by atoms with Gasteiger partial charge in [-0.05, 0) is 68.9 Å². The average Bonchev–Trinajstić information content (AvgIpc) is 3.41. The Morgan fingerprint density at radius 2 is 1.70 bits per heavy atom. The van der Waals surface area contributed by atoms with E-state index in [9.17, 15) is 36.0 Å². The summed E-state index contributed by atoms with van der Waals surface area (Å²) in [4.78, 5) is 41.6. The Balaban J connectivity index is 1.77. The molecule has 0 spiro atoms. The molecule has 1 aromatic carbocycles. The molecule has 1 atom stereocenters. The Bertz CT molecular complexity index is 1470. The highest BCUT2D eigenvalue weighted by Crippen LogP contribution is 2.43. The number of nitrogens with one attached hydrogen (secondary N) is 2. The van der Waals surface area contributed by atoms with Gasteiger partial charge in [-0.25, -0.2) is 18.0 Å². The molecule has 1 aromatic heterocycles. The molecule has 14 heteroatoms. The Morgan fingerprint density at radius 3 is 2.27 bits per heavy atom. The van der Waals surface area contributed by atoms with Crippen LogP contribution >= 0.6 is 12.2 Å². The number of pyridine rings is 1. The van der Waals surface area contributed by atoms with E-state index >= 15 is 0 Å². The average molecular weight is 656 g/mol. The number of aromatic nitrogens is 1. The molecule has 3 rings (SSSR count). The summed E-state index contributed by atoms with van der Waals surface area (Å²) in [6.07, 6.45) is 1.81. The summed E-state index contributed by atoms with van der Waals surface area (Å²) in [6.45, 7) is 3.51. The van der Waals surface area contributed by atoms with E-state index in [0.29, 0.717) is 54.6 Å². The van der Waals surface area contributed by atoms with Crippen LogP contribution in [0.4, 0.5) is 18.9 Å². The molecular weight excluding hydrogens is 619 g/mol. The molecular formula is C30H36F3N3O6S2. The van der Waals surface area contributed by atoms with E-state index in [0.717, 1.165) is 24.7 Å². The van der Waals surface area contributed by atoms with E-state index in [1.54, 1.807) is 50.4 Å². The van der Waals surface area contributed by atoms with Crippen molar-refractivity contribution < 1.29 is 40.7 Å². The van der Waals surface area contributed by atoms with Crippen LogP contribution in [-0.2, 0) is 30.6 Å². The predicted octanol–water partition coefficient (Wildman–Crippen LogP) is 5.19. The van der Waals surface area contributed by atoms with E-state index in [-0.39, 0.29) is 23.1 Å². The van der Waals surface area contributed by atoms with Crippen LogP contribution in [0.5, 0.6) is 0 Å². The van der Waals surface area contributed by atoms with Gasteiger partial charge < -0.3 is 15.4 Å². The molecule has 1 fully saturated rings. The number of nitrogens with zero attached hydrogens (tertiary/aromatic N) is 1. The number of amides is 1. The van der Waals surface area contributed by atoms with E-state index < -0.39 is 39.4 Å². The third-order valence-corrected chi connectivity index (χ3v) is 9.29. The molecule has 2 aromatic rings. The number of aryl methyl sites for hydroxylation is 2. The summed E-state index contributed by atoms with van der Waals surface area (Å²) >= 11 is 5.69. The number of anilines is 1. The number of hydrogen-bond donors (Lipinski definition) is 2. The van der Waals surface area contributed by atoms with Crippen molar-refractivity contribution in [2.24, 2.45) is 5.41 Å². The zero-order valence-electron chi connectivity index (χ0n) is 24.8. The first-order valence-electron chi connectivity index (χ1n) is 14.1. The smallest absolute Gasteiger partial charge is 0.385 e. The van der Waals surface area contributed by atoms with Crippen molar-refractivity contribution >= 4 is 50.6 Å². The second kappa shape index (κ2) is 14.6. The molecule has 0 radical (unpaired) electrons. The van der Waals surface area contributed by atoms with Crippen molar-refractivity contribution in [1.82, 2.24) is 10.3 Å². The quantitative estimate of drug-likeness (QED) is 0.137. The molecule has 1 saturated carbocycles. The number of unbranched alkanes of at least 4 members (excludes halogenated alkanes) is 1. The minimum Gasteiger partial charge on any atom is -0.385 e. The van der Waals surface area contributed by atoms with Gasteiger partial charge in [0, 0.05) is 35.7 Å². The van der Waals surface area contributed by atoms with Gasteiger partial charge in [0.15, 0.2) is 0 Å². The van der Waals surface area contributed by atoms with Gasteiger partial charge in [0.25, 0.3) is 5.91 Å². The van der Waals surface area contributed by atoms with Gasteiger partial charge in [-0.2, -0.15) is 13.2 Å². The number of thiocarbonyl (C=S) groups is 1. The topological polar surface area (TPSA) is 132 Å². The standard InChI is InChI=1S/C30H36F3N3O6S2/c1-19-12-16-34-20(2)24(19)25(37)35-22-10-8-21(9-11-22)18-23(26(38)42-28(39)30(31,32)33)36-27(43)29(13-4-5-14-29)15-6-7-17-44(3,40)41/h8-12,16,23H,4-7,13-15,17-18H2,1-3H3,(H,35,37)(H,36,43)/t23-/m0/s1. The lowest BCUT2D eigenvalue weighted by Crippen LogP contribution is -2.49. The Hall–Kier alpha value is -3.39. The molecule has 9 nitrogen and oxygen atoms in total. The van der Waals surface area contributed by atoms with Crippen molar-refractivity contribution in [2.75, 3.05) is 17.3 Å². The van der Waals surface area contributed by atoms with Crippen LogP contribution in [0, 0.1) is 19.3 Å². The third-order valence-electron chi connectivity index (χ3n) is 7.70. The van der Waals surface area contributed by atoms with Crippen LogP contribution in [0.15, 0.2) is 36.5 Å². The van der Waals surface area contributed by atoms with E-state index in [1.165, 1.54) is 0 Å². The lowest BCUT2D eigenvalue weighted by molar-refractivity contribution is -0.202. The predicted molar refractivity (Wildman–Crippen MR) is 163 cm³/mol. The van der Waals surface area contributed by atoms with Crippen LogP contribution in [-0.4, -0.2) is 60.5 Å². The molecule has 44 heavy (non-hydrogen) atoms. The zero-order valence-corrected chi connectivity index (χ0v) is 26.4. The number of hydrogen-bond acceptors (Lipinski definition) is 8. The van der Waals surface area contributed by atoms with Crippen molar-refractivity contribution in [3.8, 4) is 0 Å². The number of carbonyl (C=O) groups excluding carboxylic acids is 3. The van der Waals surface area contributed by atoms with Crippen molar-refractivity contribution in [3.05, 3.63) is 58.9 Å². The number of sulfone groups is 1. The summed E-state index contributed by atoms with van der Waals surface area (Å²) in [6, 6.07) is 6.64. The van der Waals surface area contributed by atoms with Gasteiger partial charge >= 0.3 is 18.1 Å². The first-order chi connectivity index (χ1) is 20.5. The highest BCUT2D eigenvalue weighted by atomic mass is 32.2. The Kier molecular flexibility index (Phi) is 11.6. The van der Waals surface area contributed by atoms with Gasteiger partial charge in [-0.3, -0.25) is 9.78 Å². The summed E-state index contributed by atoms with van der Waals surface area (Å²) in [5.41, 5.74) is 2.13. The van der Waals surface area contributed by atoms with E-state index in [1.807, 2.05) is 0 Å². The number of ether oxygens (including phenoxy) is 1. The lowest BCUT2D eigenvalue weighted by Gasteiger charge is -2.33. The van der Waals surface area contributed by atoms with Gasteiger partial charge in [0.1, 0.15) is 15.9 Å². The molecule has 2 N–H and O–H groups in total. The second-order valence-corrected chi connectivity index (χ2v) is 13.9. The van der Waals surface area contributed by atoms with Crippen LogP contribution in [0.2, 0.25) is 0 Å². The molecule has 1 amide bonds. The summed E-state index contributed by atoms with van der Waals surface area (Å²) in [7, 11) is -3.14. The Labute approximate surface area is 260 Å². The molecule has 1 aliphatic carbocycles. The number of benzene rings is 1. The Morgan fingerprint density at radius 1 is 1.07 bits per heavy atom. The van der Waals surface area contributed by atoms with Gasteiger partial charge in [-0.15, -0.1) is 0 Å². The first kappa shape index (κ1) is 35.1. The highest BCUT2D eigenvalue weighted by molar-refractivity contribution is 7.90. The number of carbonyl (C=O) groups is 3. The zero-order chi connectivity index (χ0) is 32.7. The van der Waals surface area contributed by atoms with Crippen LogP contribution in [0.25, 0.3) is 0 Å². The normalized spacial score (nSPS) is 15.3. The molecule has 1 heterocycles. The molecule has 240 valence electrons. The fourth-order valence-corrected chi connectivity index (χ4v) is 6.56. The second-order valence-electron chi connectivity index (χ2n) is 11.3. The van der Waals surface area contributed by atoms with E-state index in [4.69, 9.17) is 12.2 Å². The van der Waals surface area contributed by atoms with E-state index in [2.05, 4.69) is 20.4 Å². The number of esters is 2.